The van der Waals surface area contributed by atoms with Crippen molar-refractivity contribution in [3.8, 4) is 5.69 Å². The van der Waals surface area contributed by atoms with Crippen molar-refractivity contribution in [3.63, 3.8) is 0 Å². The first-order chi connectivity index (χ1) is 14.9. The second kappa shape index (κ2) is 9.25. The Morgan fingerprint density at radius 2 is 1.90 bits per heavy atom. The van der Waals surface area contributed by atoms with Gasteiger partial charge in [0.1, 0.15) is 4.21 Å². The molecule has 0 bridgehead atoms. The molecule has 1 aromatic carbocycles. The van der Waals surface area contributed by atoms with E-state index in [9.17, 15) is 13.2 Å². The summed E-state index contributed by atoms with van der Waals surface area (Å²) in [7, 11) is -3.58. The Morgan fingerprint density at radius 1 is 1.16 bits per heavy atom. The minimum absolute atomic E-state index is 0.0828. The lowest BCUT2D eigenvalue weighted by Crippen LogP contribution is -2.50. The Bertz CT molecular complexity index is 1190. The molecule has 0 spiro atoms. The molecule has 1 aliphatic heterocycles. The van der Waals surface area contributed by atoms with Crippen LogP contribution >= 0.6 is 34.7 Å². The molecule has 3 aromatic rings. The van der Waals surface area contributed by atoms with Gasteiger partial charge < -0.3 is 4.90 Å². The summed E-state index contributed by atoms with van der Waals surface area (Å²) >= 11 is 8.16. The number of amides is 1. The van der Waals surface area contributed by atoms with Crippen LogP contribution in [0.15, 0.2) is 45.8 Å². The van der Waals surface area contributed by atoms with E-state index < -0.39 is 10.0 Å². The number of thioether (sulfide) groups is 1. The average Bonchev–Trinajstić information content (AvgIpc) is 3.42. The van der Waals surface area contributed by atoms with Crippen molar-refractivity contribution in [2.75, 3.05) is 31.9 Å². The molecule has 4 rings (SSSR count). The van der Waals surface area contributed by atoms with Crippen LogP contribution in [-0.4, -0.2) is 75.7 Å². The van der Waals surface area contributed by atoms with Crippen molar-refractivity contribution >= 4 is 50.6 Å². The average molecular weight is 499 g/mol. The fourth-order valence-electron chi connectivity index (χ4n) is 3.18. The van der Waals surface area contributed by atoms with Crippen LogP contribution in [0.3, 0.4) is 0 Å². The monoisotopic (exact) mass is 498 g/mol. The Hall–Kier alpha value is -1.99. The van der Waals surface area contributed by atoms with E-state index in [1.54, 1.807) is 15.6 Å². The number of thiophene rings is 1. The van der Waals surface area contributed by atoms with Crippen LogP contribution in [0.5, 0.6) is 0 Å². The number of nitrogens with zero attached hydrogens (tertiary/aromatic N) is 6. The maximum absolute atomic E-state index is 12.7. The predicted octanol–water partition coefficient (Wildman–Crippen LogP) is 2.31. The minimum atomic E-state index is -3.58. The third-order valence-electron chi connectivity index (χ3n) is 4.84. The molecule has 2 aromatic heterocycles. The summed E-state index contributed by atoms with van der Waals surface area (Å²) in [6.07, 6.45) is 0. The van der Waals surface area contributed by atoms with Crippen molar-refractivity contribution in [2.24, 2.45) is 0 Å². The molecule has 1 aliphatic rings. The zero-order valence-corrected chi connectivity index (χ0v) is 19.7. The number of benzene rings is 1. The molecule has 0 unspecified atom stereocenters. The first-order valence-corrected chi connectivity index (χ1v) is 13.0. The van der Waals surface area contributed by atoms with E-state index in [4.69, 9.17) is 11.6 Å². The third-order valence-corrected chi connectivity index (χ3v) is 9.34. The lowest BCUT2D eigenvalue weighted by Gasteiger charge is -2.33. The molecule has 1 saturated heterocycles. The van der Waals surface area contributed by atoms with Gasteiger partial charge in [-0.15, -0.1) is 16.4 Å². The zero-order chi connectivity index (χ0) is 22.0. The van der Waals surface area contributed by atoms with Crippen molar-refractivity contribution in [1.29, 1.82) is 0 Å². The number of carbonyl (C=O) groups excluding carboxylic acids is 1. The summed E-state index contributed by atoms with van der Waals surface area (Å²) < 4.78 is 29.1. The number of aryl methyl sites for hydroxylation is 1. The van der Waals surface area contributed by atoms with Crippen LogP contribution in [0.4, 0.5) is 0 Å². The van der Waals surface area contributed by atoms with Gasteiger partial charge in [-0.2, -0.15) is 8.99 Å². The summed E-state index contributed by atoms with van der Waals surface area (Å²) in [5.41, 5.74) is 1.88. The number of sulfonamides is 1. The molecule has 1 fully saturated rings. The van der Waals surface area contributed by atoms with E-state index in [2.05, 4.69) is 15.5 Å². The molecule has 0 saturated carbocycles. The number of halogens is 1. The van der Waals surface area contributed by atoms with Gasteiger partial charge in [-0.1, -0.05) is 41.6 Å². The number of carbonyl (C=O) groups is 1. The maximum atomic E-state index is 12.7. The van der Waals surface area contributed by atoms with Crippen LogP contribution in [0, 0.1) is 6.92 Å². The molecule has 13 heteroatoms. The summed E-state index contributed by atoms with van der Waals surface area (Å²) in [6.45, 7) is 3.12. The molecular weight excluding hydrogens is 480 g/mol. The molecule has 3 heterocycles. The molecule has 31 heavy (non-hydrogen) atoms. The quantitative estimate of drug-likeness (QED) is 0.480. The summed E-state index contributed by atoms with van der Waals surface area (Å²) in [6, 6.07) is 10.8. The Morgan fingerprint density at radius 3 is 2.58 bits per heavy atom. The van der Waals surface area contributed by atoms with Gasteiger partial charge in [-0.25, -0.2) is 8.42 Å². The molecule has 9 nitrogen and oxygen atoms in total. The normalized spacial score (nSPS) is 15.4. The van der Waals surface area contributed by atoms with Crippen molar-refractivity contribution in [1.82, 2.24) is 29.4 Å². The fraction of sp³-hybridized carbons (Fsp3) is 0.333. The number of hydrogen-bond acceptors (Lipinski definition) is 8. The van der Waals surface area contributed by atoms with Gasteiger partial charge in [0.05, 0.1) is 15.8 Å². The van der Waals surface area contributed by atoms with Gasteiger partial charge in [0, 0.05) is 26.2 Å². The van der Waals surface area contributed by atoms with E-state index in [-0.39, 0.29) is 29.0 Å². The summed E-state index contributed by atoms with van der Waals surface area (Å²) in [5.74, 6) is 0.0834. The highest BCUT2D eigenvalue weighted by atomic mass is 35.5. The largest absolute Gasteiger partial charge is 0.339 e. The minimum Gasteiger partial charge on any atom is -0.339 e. The number of piperazine rings is 1. The van der Waals surface area contributed by atoms with E-state index in [1.807, 2.05) is 31.2 Å². The molecular formula is C18H19ClN6O3S3. The van der Waals surface area contributed by atoms with Crippen molar-refractivity contribution < 1.29 is 13.2 Å². The third kappa shape index (κ3) is 4.77. The van der Waals surface area contributed by atoms with Crippen LogP contribution < -0.4 is 0 Å². The highest BCUT2D eigenvalue weighted by molar-refractivity contribution is 7.99. The van der Waals surface area contributed by atoms with Crippen molar-refractivity contribution in [2.45, 2.75) is 16.3 Å². The molecule has 1 amide bonds. The summed E-state index contributed by atoms with van der Waals surface area (Å²) in [5, 5.41) is 12.3. The second-order valence-electron chi connectivity index (χ2n) is 6.79. The van der Waals surface area contributed by atoms with Crippen LogP contribution in [0.25, 0.3) is 5.69 Å². The van der Waals surface area contributed by atoms with Gasteiger partial charge in [0.25, 0.3) is 10.0 Å². The van der Waals surface area contributed by atoms with Crippen LogP contribution in [0.2, 0.25) is 4.34 Å². The van der Waals surface area contributed by atoms with Gasteiger partial charge in [-0.05, 0) is 41.1 Å². The first kappa shape index (κ1) is 22.2. The topological polar surface area (TPSA) is 101 Å². The van der Waals surface area contributed by atoms with Gasteiger partial charge in [0.15, 0.2) is 0 Å². The lowest BCUT2D eigenvalue weighted by molar-refractivity contribution is -0.129. The highest BCUT2D eigenvalue weighted by Crippen LogP contribution is 2.29. The lowest BCUT2D eigenvalue weighted by atomic mass is 10.2. The molecule has 0 atom stereocenters. The number of tetrazole rings is 1. The standard InChI is InChI=1S/C18H19ClN6O3S3/c1-13-4-2-3-5-14(13)25-18(20-21-22-25)29-12-16(26)23-8-10-24(11-9-23)31(27,28)17-7-6-15(19)30-17/h2-7H,8-12H2,1H3. The van der Waals surface area contributed by atoms with E-state index in [0.717, 1.165) is 22.6 Å². The Labute approximate surface area is 193 Å². The molecule has 0 aliphatic carbocycles. The number of rotatable bonds is 6. The SMILES string of the molecule is Cc1ccccc1-n1nnnc1SCC(=O)N1CCN(S(=O)(=O)c2ccc(Cl)s2)CC1. The predicted molar refractivity (Wildman–Crippen MR) is 119 cm³/mol. The van der Waals surface area contributed by atoms with E-state index in [0.29, 0.717) is 22.6 Å². The van der Waals surface area contributed by atoms with Gasteiger partial charge in [0.2, 0.25) is 11.1 Å². The number of para-hydroxylation sites is 1. The van der Waals surface area contributed by atoms with Gasteiger partial charge in [-0.3, -0.25) is 4.79 Å². The van der Waals surface area contributed by atoms with Gasteiger partial charge >= 0.3 is 0 Å². The van der Waals surface area contributed by atoms with E-state index >= 15 is 0 Å². The molecule has 0 N–H and O–H groups in total. The second-order valence-corrected chi connectivity index (χ2v) is 11.6. The smallest absolute Gasteiger partial charge is 0.252 e. The Kier molecular flexibility index (Phi) is 6.63. The fourth-order valence-corrected chi connectivity index (χ4v) is 7.03. The maximum Gasteiger partial charge on any atom is 0.252 e. The Balaban J connectivity index is 1.35. The zero-order valence-electron chi connectivity index (χ0n) is 16.5. The highest BCUT2D eigenvalue weighted by Gasteiger charge is 2.31. The first-order valence-electron chi connectivity index (χ1n) is 9.37. The number of aromatic nitrogens is 4. The van der Waals surface area contributed by atoms with Crippen LogP contribution in [0.1, 0.15) is 5.56 Å². The van der Waals surface area contributed by atoms with Crippen molar-refractivity contribution in [3.05, 3.63) is 46.3 Å². The summed E-state index contributed by atoms with van der Waals surface area (Å²) in [4.78, 5) is 14.4. The van der Waals surface area contributed by atoms with E-state index in [1.165, 1.54) is 22.1 Å². The molecule has 0 radical (unpaired) electrons. The van der Waals surface area contributed by atoms with Crippen LogP contribution in [-0.2, 0) is 14.8 Å². The molecule has 164 valence electrons. The number of hydrogen-bond donors (Lipinski definition) is 0.